The highest BCUT2D eigenvalue weighted by molar-refractivity contribution is 5.15. The Morgan fingerprint density at radius 2 is 1.00 bits per heavy atom. The van der Waals surface area contributed by atoms with Crippen molar-refractivity contribution in [3.8, 4) is 0 Å². The van der Waals surface area contributed by atoms with Crippen molar-refractivity contribution >= 4 is 0 Å². The molecule has 0 N–H and O–H groups in total. The number of fused-ring (bicyclic) bond motifs is 2. The van der Waals surface area contributed by atoms with Crippen LogP contribution >= 0.6 is 0 Å². The van der Waals surface area contributed by atoms with E-state index in [9.17, 15) is 0 Å². The average Bonchev–Trinajstić information content (AvgIpc) is 3.29. The topological polar surface area (TPSA) is 46.2 Å². The fraction of sp³-hybridized carbons (Fsp3) is 0.333. The molecular formula is C27H28O5. The Bertz CT molecular complexity index is 892. The summed E-state index contributed by atoms with van der Waals surface area (Å²) in [6, 6.07) is 30.4. The zero-order chi connectivity index (χ0) is 21.6. The van der Waals surface area contributed by atoms with E-state index in [0.717, 1.165) is 16.7 Å². The maximum absolute atomic E-state index is 6.44. The van der Waals surface area contributed by atoms with Gasteiger partial charge in [0, 0.05) is 0 Å². The molecule has 5 atom stereocenters. The third-order valence-electron chi connectivity index (χ3n) is 5.87. The van der Waals surface area contributed by atoms with Crippen LogP contribution in [0.3, 0.4) is 0 Å². The zero-order valence-electron chi connectivity index (χ0n) is 17.9. The van der Waals surface area contributed by atoms with Gasteiger partial charge in [-0.25, -0.2) is 0 Å². The van der Waals surface area contributed by atoms with Gasteiger partial charge >= 0.3 is 0 Å². The van der Waals surface area contributed by atoms with E-state index < -0.39 is 12.4 Å². The summed E-state index contributed by atoms with van der Waals surface area (Å²) in [6.07, 6.45) is -1.63. The first kappa shape index (κ1) is 21.3. The van der Waals surface area contributed by atoms with Crippen molar-refractivity contribution in [2.24, 2.45) is 0 Å². The predicted octanol–water partition coefficient (Wildman–Crippen LogP) is 4.50. The average molecular weight is 433 g/mol. The molecule has 0 unspecified atom stereocenters. The van der Waals surface area contributed by atoms with Gasteiger partial charge in [0.05, 0.1) is 26.4 Å². The van der Waals surface area contributed by atoms with Crippen molar-refractivity contribution in [2.75, 3.05) is 6.61 Å². The SMILES string of the molecule is c1ccc(CO[C@@H]2[C@H](OCc3ccccc3)[C@@H]3OC[C@@H](O3)[C@@H]2OCc2ccccc2)cc1. The smallest absolute Gasteiger partial charge is 0.187 e. The van der Waals surface area contributed by atoms with Crippen LogP contribution in [-0.4, -0.2) is 37.3 Å². The van der Waals surface area contributed by atoms with Crippen LogP contribution in [-0.2, 0) is 43.5 Å². The summed E-state index contributed by atoms with van der Waals surface area (Å²) in [6.45, 7) is 1.88. The minimum atomic E-state index is -0.457. The van der Waals surface area contributed by atoms with Crippen molar-refractivity contribution in [1.82, 2.24) is 0 Å². The molecule has 166 valence electrons. The van der Waals surface area contributed by atoms with E-state index in [-0.39, 0.29) is 18.3 Å². The van der Waals surface area contributed by atoms with Crippen LogP contribution < -0.4 is 0 Å². The molecule has 3 aromatic carbocycles. The normalized spacial score (nSPS) is 26.8. The second-order valence-electron chi connectivity index (χ2n) is 8.16. The number of hydrogen-bond acceptors (Lipinski definition) is 5. The largest absolute Gasteiger partial charge is 0.368 e. The van der Waals surface area contributed by atoms with Gasteiger partial charge in [-0.05, 0) is 16.7 Å². The van der Waals surface area contributed by atoms with Crippen LogP contribution in [0, 0.1) is 0 Å². The van der Waals surface area contributed by atoms with Gasteiger partial charge in [0.1, 0.15) is 24.4 Å². The molecule has 2 aliphatic heterocycles. The lowest BCUT2D eigenvalue weighted by Crippen LogP contribution is -2.56. The Balaban J connectivity index is 1.33. The first-order valence-corrected chi connectivity index (χ1v) is 11.1. The van der Waals surface area contributed by atoms with Crippen molar-refractivity contribution in [3.05, 3.63) is 108 Å². The van der Waals surface area contributed by atoms with E-state index in [1.807, 2.05) is 66.7 Å². The molecule has 2 saturated heterocycles. The molecule has 3 aromatic rings. The molecular weight excluding hydrogens is 404 g/mol. The summed E-state index contributed by atoms with van der Waals surface area (Å²) in [5.74, 6) is 0. The summed E-state index contributed by atoms with van der Waals surface area (Å²) in [7, 11) is 0. The van der Waals surface area contributed by atoms with Crippen molar-refractivity contribution < 1.29 is 23.7 Å². The molecule has 0 radical (unpaired) electrons. The summed E-state index contributed by atoms with van der Waals surface area (Å²) in [5.41, 5.74) is 3.31. The van der Waals surface area contributed by atoms with Crippen LogP contribution in [0.1, 0.15) is 16.7 Å². The molecule has 2 heterocycles. The molecule has 5 rings (SSSR count). The van der Waals surface area contributed by atoms with E-state index >= 15 is 0 Å². The Labute approximate surface area is 188 Å². The van der Waals surface area contributed by atoms with Gasteiger partial charge in [-0.3, -0.25) is 0 Å². The van der Waals surface area contributed by atoms with Crippen molar-refractivity contribution in [3.63, 3.8) is 0 Å². The minimum Gasteiger partial charge on any atom is -0.368 e. The first-order valence-electron chi connectivity index (χ1n) is 11.1. The van der Waals surface area contributed by atoms with E-state index in [1.165, 1.54) is 0 Å². The van der Waals surface area contributed by atoms with Crippen LogP contribution in [0.25, 0.3) is 0 Å². The summed E-state index contributed by atoms with van der Waals surface area (Å²) in [4.78, 5) is 0. The minimum absolute atomic E-state index is 0.180. The van der Waals surface area contributed by atoms with E-state index in [2.05, 4.69) is 24.3 Å². The van der Waals surface area contributed by atoms with Gasteiger partial charge in [-0.1, -0.05) is 91.0 Å². The van der Waals surface area contributed by atoms with E-state index in [4.69, 9.17) is 23.7 Å². The van der Waals surface area contributed by atoms with E-state index in [0.29, 0.717) is 26.4 Å². The molecule has 32 heavy (non-hydrogen) atoms. The molecule has 0 spiro atoms. The Hall–Kier alpha value is -2.54. The van der Waals surface area contributed by atoms with Gasteiger partial charge in [-0.2, -0.15) is 0 Å². The second-order valence-corrected chi connectivity index (χ2v) is 8.16. The lowest BCUT2D eigenvalue weighted by atomic mass is 10.00. The fourth-order valence-corrected chi connectivity index (χ4v) is 4.20. The highest BCUT2D eigenvalue weighted by atomic mass is 16.8. The van der Waals surface area contributed by atoms with Gasteiger partial charge in [0.15, 0.2) is 6.29 Å². The quantitative estimate of drug-likeness (QED) is 0.498. The molecule has 5 nitrogen and oxygen atoms in total. The lowest BCUT2D eigenvalue weighted by Gasteiger charge is -2.40. The standard InChI is InChI=1S/C27H28O5/c1-4-10-20(11-5-1)16-28-24-23-19-31-27(32-23)26(30-18-22-14-8-3-9-15-22)25(24)29-17-21-12-6-2-7-13-21/h1-15,23-27H,16-19H2/t23-,24+,25+,26+,27-/m1/s1. The number of benzene rings is 3. The predicted molar refractivity (Wildman–Crippen MR) is 120 cm³/mol. The van der Waals surface area contributed by atoms with Crippen LogP contribution in [0.5, 0.6) is 0 Å². The number of rotatable bonds is 9. The molecule has 0 amide bonds. The zero-order valence-corrected chi connectivity index (χ0v) is 17.9. The Morgan fingerprint density at radius 1 is 0.562 bits per heavy atom. The summed E-state index contributed by atoms with van der Waals surface area (Å²) >= 11 is 0. The molecule has 0 saturated carbocycles. The molecule has 2 bridgehead atoms. The lowest BCUT2D eigenvalue weighted by molar-refractivity contribution is -0.268. The molecule has 2 fully saturated rings. The molecule has 0 aromatic heterocycles. The van der Waals surface area contributed by atoms with E-state index in [1.54, 1.807) is 0 Å². The van der Waals surface area contributed by atoms with Crippen LogP contribution in [0.4, 0.5) is 0 Å². The third kappa shape index (κ3) is 5.09. The highest BCUT2D eigenvalue weighted by Gasteiger charge is 2.52. The van der Waals surface area contributed by atoms with Crippen molar-refractivity contribution in [2.45, 2.75) is 50.5 Å². The van der Waals surface area contributed by atoms with Crippen LogP contribution in [0.15, 0.2) is 91.0 Å². The number of hydrogen-bond donors (Lipinski definition) is 0. The molecule has 0 aliphatic carbocycles. The first-order chi connectivity index (χ1) is 15.9. The summed E-state index contributed by atoms with van der Waals surface area (Å²) in [5, 5.41) is 0. The van der Waals surface area contributed by atoms with Gasteiger partial charge in [0.2, 0.25) is 0 Å². The second kappa shape index (κ2) is 10.4. The molecule has 2 aliphatic rings. The Kier molecular flexibility index (Phi) is 6.92. The highest BCUT2D eigenvalue weighted by Crippen LogP contribution is 2.35. The Morgan fingerprint density at radius 3 is 1.50 bits per heavy atom. The maximum Gasteiger partial charge on any atom is 0.187 e. The van der Waals surface area contributed by atoms with Crippen LogP contribution in [0.2, 0.25) is 0 Å². The maximum atomic E-state index is 6.44. The van der Waals surface area contributed by atoms with Crippen molar-refractivity contribution in [1.29, 1.82) is 0 Å². The monoisotopic (exact) mass is 432 g/mol. The number of ether oxygens (including phenoxy) is 5. The van der Waals surface area contributed by atoms with Gasteiger partial charge in [0.25, 0.3) is 0 Å². The van der Waals surface area contributed by atoms with Gasteiger partial charge in [-0.15, -0.1) is 0 Å². The summed E-state index contributed by atoms with van der Waals surface area (Å²) < 4.78 is 31.2. The van der Waals surface area contributed by atoms with Gasteiger partial charge < -0.3 is 23.7 Å². The third-order valence-corrected chi connectivity index (χ3v) is 5.87. The fourth-order valence-electron chi connectivity index (χ4n) is 4.20. The molecule has 5 heteroatoms.